The highest BCUT2D eigenvalue weighted by atomic mass is 16.5. The lowest BCUT2D eigenvalue weighted by molar-refractivity contribution is 0.0493. The Balaban J connectivity index is 1.96. The first-order valence-corrected chi connectivity index (χ1v) is 7.41. The average Bonchev–Trinajstić information content (AvgIpc) is 2.52. The van der Waals surface area contributed by atoms with E-state index in [4.69, 9.17) is 14.2 Å². The van der Waals surface area contributed by atoms with Crippen LogP contribution in [0.2, 0.25) is 0 Å². The third-order valence-electron chi connectivity index (χ3n) is 3.62. The Morgan fingerprint density at radius 3 is 2.75 bits per heavy atom. The van der Waals surface area contributed by atoms with E-state index in [-0.39, 0.29) is 0 Å². The molecule has 1 aromatic rings. The molecule has 1 fully saturated rings. The van der Waals surface area contributed by atoms with Crippen molar-refractivity contribution in [2.75, 3.05) is 33.5 Å². The summed E-state index contributed by atoms with van der Waals surface area (Å²) < 4.78 is 16.7. The first kappa shape index (κ1) is 15.1. The highest BCUT2D eigenvalue weighted by Crippen LogP contribution is 2.29. The van der Waals surface area contributed by atoms with Crippen molar-refractivity contribution >= 4 is 0 Å². The summed E-state index contributed by atoms with van der Waals surface area (Å²) in [6.07, 6.45) is 2.17. The van der Waals surface area contributed by atoms with Crippen LogP contribution in [0.3, 0.4) is 0 Å². The van der Waals surface area contributed by atoms with Gasteiger partial charge in [-0.25, -0.2) is 0 Å². The molecular formula is C16H25NO3. The van der Waals surface area contributed by atoms with Crippen LogP contribution in [0.15, 0.2) is 18.2 Å². The number of ether oxygens (including phenoxy) is 3. The molecule has 0 bridgehead atoms. The molecule has 0 amide bonds. The summed E-state index contributed by atoms with van der Waals surface area (Å²) in [5, 5.41) is 3.32. The van der Waals surface area contributed by atoms with Gasteiger partial charge in [-0.1, -0.05) is 13.0 Å². The second kappa shape index (κ2) is 8.12. The number of rotatable bonds is 7. The van der Waals surface area contributed by atoms with E-state index in [0.29, 0.717) is 5.92 Å². The molecular weight excluding hydrogens is 254 g/mol. The average molecular weight is 279 g/mol. The first-order chi connectivity index (χ1) is 9.83. The van der Waals surface area contributed by atoms with Crippen LogP contribution in [-0.4, -0.2) is 33.5 Å². The molecule has 20 heavy (non-hydrogen) atoms. The number of nitrogens with one attached hydrogen (secondary N) is 1. The van der Waals surface area contributed by atoms with E-state index in [0.717, 1.165) is 57.3 Å². The van der Waals surface area contributed by atoms with Gasteiger partial charge in [0.25, 0.3) is 0 Å². The van der Waals surface area contributed by atoms with Crippen LogP contribution in [0.4, 0.5) is 0 Å². The molecule has 1 aliphatic rings. The lowest BCUT2D eigenvalue weighted by Gasteiger charge is -2.22. The zero-order valence-corrected chi connectivity index (χ0v) is 12.5. The molecule has 0 atom stereocenters. The van der Waals surface area contributed by atoms with Gasteiger partial charge >= 0.3 is 0 Å². The molecule has 1 aliphatic heterocycles. The van der Waals surface area contributed by atoms with Crippen LogP contribution < -0.4 is 14.8 Å². The van der Waals surface area contributed by atoms with Gasteiger partial charge in [0, 0.05) is 19.8 Å². The van der Waals surface area contributed by atoms with E-state index in [1.807, 2.05) is 6.07 Å². The van der Waals surface area contributed by atoms with Gasteiger partial charge < -0.3 is 19.5 Å². The van der Waals surface area contributed by atoms with Gasteiger partial charge in [-0.15, -0.1) is 0 Å². The van der Waals surface area contributed by atoms with Gasteiger partial charge in [-0.05, 0) is 43.0 Å². The minimum absolute atomic E-state index is 0.589. The zero-order chi connectivity index (χ0) is 14.2. The maximum Gasteiger partial charge on any atom is 0.161 e. The number of benzene rings is 1. The Morgan fingerprint density at radius 2 is 2.05 bits per heavy atom. The van der Waals surface area contributed by atoms with Gasteiger partial charge in [0.15, 0.2) is 11.5 Å². The van der Waals surface area contributed by atoms with Crippen LogP contribution in [0.25, 0.3) is 0 Å². The van der Waals surface area contributed by atoms with Gasteiger partial charge in [0.1, 0.15) is 0 Å². The summed E-state index contributed by atoms with van der Waals surface area (Å²) in [6.45, 7) is 6.37. The fourth-order valence-corrected chi connectivity index (χ4v) is 2.33. The largest absolute Gasteiger partial charge is 0.493 e. The summed E-state index contributed by atoms with van der Waals surface area (Å²) in [5.41, 5.74) is 1.22. The van der Waals surface area contributed by atoms with Crippen molar-refractivity contribution in [2.45, 2.75) is 26.3 Å². The zero-order valence-electron chi connectivity index (χ0n) is 12.5. The molecule has 2 rings (SSSR count). The predicted molar refractivity (Wildman–Crippen MR) is 79.4 cm³/mol. The van der Waals surface area contributed by atoms with Gasteiger partial charge in [0.2, 0.25) is 0 Å². The number of hydrogen-bond acceptors (Lipinski definition) is 4. The number of hydrogen-bond donors (Lipinski definition) is 1. The Hall–Kier alpha value is -1.26. The molecule has 1 N–H and O–H groups in total. The second-order valence-corrected chi connectivity index (χ2v) is 5.13. The minimum atomic E-state index is 0.589. The monoisotopic (exact) mass is 279 g/mol. The van der Waals surface area contributed by atoms with E-state index in [1.165, 1.54) is 5.56 Å². The maximum atomic E-state index is 5.98. The lowest BCUT2D eigenvalue weighted by Crippen LogP contribution is -2.21. The summed E-state index contributed by atoms with van der Waals surface area (Å²) in [5.74, 6) is 2.23. The van der Waals surface area contributed by atoms with Gasteiger partial charge in [0.05, 0.1) is 13.7 Å². The van der Waals surface area contributed by atoms with Crippen LogP contribution in [-0.2, 0) is 11.3 Å². The molecule has 0 aliphatic carbocycles. The molecule has 1 aromatic carbocycles. The molecule has 4 nitrogen and oxygen atoms in total. The summed E-state index contributed by atoms with van der Waals surface area (Å²) >= 11 is 0. The first-order valence-electron chi connectivity index (χ1n) is 7.41. The van der Waals surface area contributed by atoms with Crippen molar-refractivity contribution in [2.24, 2.45) is 5.92 Å². The lowest BCUT2D eigenvalue weighted by atomic mass is 10.0. The van der Waals surface area contributed by atoms with E-state index in [2.05, 4.69) is 24.4 Å². The van der Waals surface area contributed by atoms with E-state index in [9.17, 15) is 0 Å². The van der Waals surface area contributed by atoms with Crippen LogP contribution in [0, 0.1) is 5.92 Å². The summed E-state index contributed by atoms with van der Waals surface area (Å²) in [6, 6.07) is 6.12. The second-order valence-electron chi connectivity index (χ2n) is 5.13. The molecule has 0 saturated carbocycles. The third-order valence-corrected chi connectivity index (χ3v) is 3.62. The van der Waals surface area contributed by atoms with Crippen molar-refractivity contribution in [1.29, 1.82) is 0 Å². The highest BCUT2D eigenvalue weighted by molar-refractivity contribution is 5.42. The van der Waals surface area contributed by atoms with Gasteiger partial charge in [-0.2, -0.15) is 0 Å². The van der Waals surface area contributed by atoms with Crippen LogP contribution in [0.5, 0.6) is 11.5 Å². The topological polar surface area (TPSA) is 39.7 Å². The normalized spacial score (nSPS) is 16.1. The standard InChI is InChI=1S/C16H25NO3/c1-3-17-11-14-4-5-15(18-2)16(10-14)20-12-13-6-8-19-9-7-13/h4-5,10,13,17H,3,6-9,11-12H2,1-2H3. The predicted octanol–water partition coefficient (Wildman–Crippen LogP) is 2.61. The fourth-order valence-electron chi connectivity index (χ4n) is 2.33. The SMILES string of the molecule is CCNCc1ccc(OC)c(OCC2CCOCC2)c1. The minimum Gasteiger partial charge on any atom is -0.493 e. The number of methoxy groups -OCH3 is 1. The Labute approximate surface area is 121 Å². The molecule has 112 valence electrons. The van der Waals surface area contributed by atoms with E-state index in [1.54, 1.807) is 7.11 Å². The summed E-state index contributed by atoms with van der Waals surface area (Å²) in [4.78, 5) is 0. The third kappa shape index (κ3) is 4.39. The van der Waals surface area contributed by atoms with Crippen molar-refractivity contribution in [1.82, 2.24) is 5.32 Å². The smallest absolute Gasteiger partial charge is 0.161 e. The Morgan fingerprint density at radius 1 is 1.25 bits per heavy atom. The molecule has 0 aromatic heterocycles. The molecule has 0 spiro atoms. The van der Waals surface area contributed by atoms with E-state index >= 15 is 0 Å². The van der Waals surface area contributed by atoms with Crippen LogP contribution in [0.1, 0.15) is 25.3 Å². The quantitative estimate of drug-likeness (QED) is 0.833. The molecule has 4 heteroatoms. The van der Waals surface area contributed by atoms with Crippen LogP contribution >= 0.6 is 0 Å². The molecule has 0 radical (unpaired) electrons. The summed E-state index contributed by atoms with van der Waals surface area (Å²) in [7, 11) is 1.68. The van der Waals surface area contributed by atoms with Crippen molar-refractivity contribution in [3.63, 3.8) is 0 Å². The highest BCUT2D eigenvalue weighted by Gasteiger charge is 2.15. The maximum absolute atomic E-state index is 5.98. The Bertz CT molecular complexity index is 403. The molecule has 1 saturated heterocycles. The van der Waals surface area contributed by atoms with Gasteiger partial charge in [-0.3, -0.25) is 0 Å². The molecule has 0 unspecified atom stereocenters. The van der Waals surface area contributed by atoms with E-state index < -0.39 is 0 Å². The van der Waals surface area contributed by atoms with Crippen molar-refractivity contribution in [3.05, 3.63) is 23.8 Å². The molecule has 1 heterocycles. The Kier molecular flexibility index (Phi) is 6.15. The van der Waals surface area contributed by atoms with Crippen molar-refractivity contribution < 1.29 is 14.2 Å². The van der Waals surface area contributed by atoms with Crippen molar-refractivity contribution in [3.8, 4) is 11.5 Å². The fraction of sp³-hybridized carbons (Fsp3) is 0.625.